The first-order valence-electron chi connectivity index (χ1n) is 11.3. The lowest BCUT2D eigenvalue weighted by molar-refractivity contribution is -0.127. The smallest absolute Gasteiger partial charge is 0.107 e. The molecule has 0 saturated heterocycles. The van der Waals surface area contributed by atoms with Crippen LogP contribution in [0.4, 0.5) is 0 Å². The molecule has 0 bridgehead atoms. The molecule has 0 unspecified atom stereocenters. The van der Waals surface area contributed by atoms with Crippen LogP contribution in [0.25, 0.3) is 0 Å². The summed E-state index contributed by atoms with van der Waals surface area (Å²) in [6.45, 7) is 3.33. The largest absolute Gasteiger partial charge is 0.396 e. The lowest BCUT2D eigenvalue weighted by Gasteiger charge is -2.40. The van der Waals surface area contributed by atoms with Crippen molar-refractivity contribution in [1.82, 2.24) is 0 Å². The van der Waals surface area contributed by atoms with Gasteiger partial charge in [-0.25, -0.2) is 0 Å². The third-order valence-electron chi connectivity index (χ3n) is 7.05. The van der Waals surface area contributed by atoms with Crippen molar-refractivity contribution in [3.63, 3.8) is 0 Å². The Hall–Kier alpha value is -1.76. The van der Waals surface area contributed by atoms with E-state index >= 15 is 0 Å². The maximum absolute atomic E-state index is 10.6. The molecule has 5 heteroatoms. The number of rotatable bonds is 6. The van der Waals surface area contributed by atoms with E-state index in [2.05, 4.69) is 12.1 Å². The van der Waals surface area contributed by atoms with Crippen LogP contribution in [0.5, 0.6) is 0 Å². The Morgan fingerprint density at radius 3 is 2.16 bits per heavy atom. The predicted octanol–water partition coefficient (Wildman–Crippen LogP) is 2.56. The second kappa shape index (κ2) is 8.64. The molecule has 0 spiro atoms. The van der Waals surface area contributed by atoms with Gasteiger partial charge in [-0.05, 0) is 73.3 Å². The number of hydrogen-bond acceptors (Lipinski definition) is 5. The molecule has 0 amide bonds. The van der Waals surface area contributed by atoms with E-state index in [9.17, 15) is 25.5 Å². The zero-order valence-corrected chi connectivity index (χ0v) is 18.3. The molecular formula is C26H34O5. The average Bonchev–Trinajstić information content (AvgIpc) is 3.57. The van der Waals surface area contributed by atoms with Crippen LogP contribution in [-0.4, -0.2) is 50.5 Å². The summed E-state index contributed by atoms with van der Waals surface area (Å²) in [6, 6.07) is 14.3. The molecule has 0 heterocycles. The molecule has 2 aromatic carbocycles. The molecule has 31 heavy (non-hydrogen) atoms. The minimum absolute atomic E-state index is 0.220. The maximum Gasteiger partial charge on any atom is 0.107 e. The molecule has 4 rings (SSSR count). The van der Waals surface area contributed by atoms with E-state index in [0.29, 0.717) is 12.3 Å². The molecule has 0 radical (unpaired) electrons. The van der Waals surface area contributed by atoms with Gasteiger partial charge in [0, 0.05) is 18.4 Å². The van der Waals surface area contributed by atoms with Crippen LogP contribution in [0.1, 0.15) is 72.8 Å². The van der Waals surface area contributed by atoms with Gasteiger partial charge in [0.05, 0.1) is 17.8 Å². The molecule has 2 aromatic rings. The lowest BCUT2D eigenvalue weighted by atomic mass is 9.72. The Labute approximate surface area is 184 Å². The molecule has 2 aliphatic carbocycles. The van der Waals surface area contributed by atoms with Crippen molar-refractivity contribution in [2.45, 2.75) is 75.3 Å². The zero-order chi connectivity index (χ0) is 22.3. The van der Waals surface area contributed by atoms with Crippen LogP contribution in [0.3, 0.4) is 0 Å². The van der Waals surface area contributed by atoms with Crippen LogP contribution in [0, 0.1) is 5.92 Å². The maximum atomic E-state index is 10.6. The molecule has 5 atom stereocenters. The first kappa shape index (κ1) is 22.4. The second-order valence-corrected chi connectivity index (χ2v) is 9.92. The quantitative estimate of drug-likeness (QED) is 0.489. The lowest BCUT2D eigenvalue weighted by Crippen LogP contribution is -2.51. The highest BCUT2D eigenvalue weighted by Gasteiger charge is 2.43. The van der Waals surface area contributed by atoms with Crippen molar-refractivity contribution in [3.05, 3.63) is 70.3 Å². The molecule has 0 aromatic heterocycles. The Morgan fingerprint density at radius 1 is 0.903 bits per heavy atom. The third-order valence-corrected chi connectivity index (χ3v) is 7.05. The van der Waals surface area contributed by atoms with Crippen molar-refractivity contribution in [2.24, 2.45) is 5.92 Å². The van der Waals surface area contributed by atoms with E-state index in [-0.39, 0.29) is 12.5 Å². The Morgan fingerprint density at radius 2 is 1.58 bits per heavy atom. The van der Waals surface area contributed by atoms with Gasteiger partial charge >= 0.3 is 0 Å². The molecule has 168 valence electrons. The summed E-state index contributed by atoms with van der Waals surface area (Å²) in [5.41, 5.74) is 4.64. The SMILES string of the molecule is CC(C)(O)c1ccc(Cc2cc([C@@H]3C[C@H](CO)[C@@H](O)[C@H](O)[C@H]3O)ccc2C2CC2)cc1. The van der Waals surface area contributed by atoms with Crippen LogP contribution in [0.2, 0.25) is 0 Å². The standard InChI is InChI=1S/C26H34O5/c1-26(2,31)20-8-3-15(4-9-20)11-18-12-17(7-10-21(18)16-5-6-16)22-13-19(14-27)23(28)25(30)24(22)29/h3-4,7-10,12,16,19,22-25,27-31H,5-6,11,13-14H2,1-2H3/t19-,22+,23-,24+,25+/m1/s1. The van der Waals surface area contributed by atoms with E-state index in [4.69, 9.17) is 0 Å². The van der Waals surface area contributed by atoms with Crippen LogP contribution >= 0.6 is 0 Å². The number of hydrogen-bond donors (Lipinski definition) is 5. The summed E-state index contributed by atoms with van der Waals surface area (Å²) in [6.07, 6.45) is 0.110. The number of aliphatic hydroxyl groups is 5. The third kappa shape index (κ3) is 4.71. The Kier molecular flexibility index (Phi) is 6.25. The summed E-state index contributed by atoms with van der Waals surface area (Å²) in [5, 5.41) is 50.9. The van der Waals surface area contributed by atoms with E-state index in [0.717, 1.165) is 23.1 Å². The van der Waals surface area contributed by atoms with Crippen molar-refractivity contribution < 1.29 is 25.5 Å². The van der Waals surface area contributed by atoms with E-state index in [1.807, 2.05) is 30.3 Å². The van der Waals surface area contributed by atoms with Gasteiger partial charge < -0.3 is 25.5 Å². The summed E-state index contributed by atoms with van der Waals surface area (Å²) in [4.78, 5) is 0. The van der Waals surface area contributed by atoms with Gasteiger partial charge in [0.25, 0.3) is 0 Å². The predicted molar refractivity (Wildman–Crippen MR) is 119 cm³/mol. The normalized spacial score (nSPS) is 29.2. The molecular weight excluding hydrogens is 392 g/mol. The topological polar surface area (TPSA) is 101 Å². The van der Waals surface area contributed by atoms with Gasteiger partial charge in [-0.2, -0.15) is 0 Å². The minimum Gasteiger partial charge on any atom is -0.396 e. The van der Waals surface area contributed by atoms with E-state index in [1.165, 1.54) is 24.0 Å². The molecule has 2 fully saturated rings. The highest BCUT2D eigenvalue weighted by Crippen LogP contribution is 2.44. The number of benzene rings is 2. The van der Waals surface area contributed by atoms with Crippen molar-refractivity contribution in [3.8, 4) is 0 Å². The summed E-state index contributed by atoms with van der Waals surface area (Å²) < 4.78 is 0. The fourth-order valence-electron chi connectivity index (χ4n) is 4.89. The van der Waals surface area contributed by atoms with Gasteiger partial charge in [0.1, 0.15) is 6.10 Å². The Bertz CT molecular complexity index is 895. The highest BCUT2D eigenvalue weighted by molar-refractivity contribution is 5.42. The summed E-state index contributed by atoms with van der Waals surface area (Å²) in [5.74, 6) is -0.210. The fraction of sp³-hybridized carbons (Fsp3) is 0.538. The highest BCUT2D eigenvalue weighted by atomic mass is 16.4. The van der Waals surface area contributed by atoms with Crippen LogP contribution in [-0.2, 0) is 12.0 Å². The second-order valence-electron chi connectivity index (χ2n) is 9.92. The first-order chi connectivity index (χ1) is 14.7. The van der Waals surface area contributed by atoms with Crippen molar-refractivity contribution >= 4 is 0 Å². The van der Waals surface area contributed by atoms with E-state index in [1.54, 1.807) is 13.8 Å². The van der Waals surface area contributed by atoms with Crippen molar-refractivity contribution in [1.29, 1.82) is 0 Å². The zero-order valence-electron chi connectivity index (χ0n) is 18.3. The molecule has 0 aliphatic heterocycles. The fourth-order valence-corrected chi connectivity index (χ4v) is 4.89. The Balaban J connectivity index is 1.63. The van der Waals surface area contributed by atoms with Gasteiger partial charge in [0.15, 0.2) is 0 Å². The van der Waals surface area contributed by atoms with Crippen LogP contribution in [0.15, 0.2) is 42.5 Å². The first-order valence-corrected chi connectivity index (χ1v) is 11.3. The molecule has 5 N–H and O–H groups in total. The monoisotopic (exact) mass is 426 g/mol. The molecule has 5 nitrogen and oxygen atoms in total. The molecule has 2 aliphatic rings. The minimum atomic E-state index is -1.27. The van der Waals surface area contributed by atoms with Gasteiger partial charge in [-0.15, -0.1) is 0 Å². The number of aliphatic hydroxyl groups excluding tert-OH is 4. The summed E-state index contributed by atoms with van der Waals surface area (Å²) in [7, 11) is 0. The van der Waals surface area contributed by atoms with E-state index < -0.39 is 29.8 Å². The summed E-state index contributed by atoms with van der Waals surface area (Å²) >= 11 is 0. The average molecular weight is 427 g/mol. The van der Waals surface area contributed by atoms with Gasteiger partial charge in [-0.3, -0.25) is 0 Å². The van der Waals surface area contributed by atoms with Gasteiger partial charge in [-0.1, -0.05) is 42.5 Å². The van der Waals surface area contributed by atoms with Crippen LogP contribution < -0.4 is 0 Å². The van der Waals surface area contributed by atoms with Crippen molar-refractivity contribution in [2.75, 3.05) is 6.61 Å². The molecule has 2 saturated carbocycles. The van der Waals surface area contributed by atoms with Gasteiger partial charge in [0.2, 0.25) is 0 Å².